The fraction of sp³-hybridized carbons (Fsp3) is 0.294. The predicted molar refractivity (Wildman–Crippen MR) is 100 cm³/mol. The summed E-state index contributed by atoms with van der Waals surface area (Å²) >= 11 is 6.98. The van der Waals surface area contributed by atoms with Crippen LogP contribution in [0.2, 0.25) is 0 Å². The molecule has 0 saturated heterocycles. The van der Waals surface area contributed by atoms with Gasteiger partial charge < -0.3 is 4.74 Å². The SMILES string of the molecule is Cc1cccc(OCCN(C)Cn2[nH]c(-c3cccs3)nc2=S)c1. The van der Waals surface area contributed by atoms with Crippen LogP contribution < -0.4 is 4.74 Å². The van der Waals surface area contributed by atoms with Crippen molar-refractivity contribution in [2.75, 3.05) is 20.2 Å². The highest BCUT2D eigenvalue weighted by Gasteiger charge is 2.08. The van der Waals surface area contributed by atoms with E-state index in [2.05, 4.69) is 28.0 Å². The zero-order chi connectivity index (χ0) is 16.9. The van der Waals surface area contributed by atoms with Gasteiger partial charge in [-0.25, -0.2) is 4.68 Å². The fourth-order valence-corrected chi connectivity index (χ4v) is 3.17. The van der Waals surface area contributed by atoms with Crippen LogP contribution in [0.4, 0.5) is 0 Å². The third-order valence-corrected chi connectivity index (χ3v) is 4.74. The Morgan fingerprint density at radius 1 is 1.33 bits per heavy atom. The van der Waals surface area contributed by atoms with Crippen LogP contribution in [0.5, 0.6) is 5.75 Å². The molecular formula is C17H20N4OS2. The van der Waals surface area contributed by atoms with Crippen LogP contribution in [-0.4, -0.2) is 39.9 Å². The second-order valence-electron chi connectivity index (χ2n) is 5.65. The lowest BCUT2D eigenvalue weighted by Gasteiger charge is -2.17. The van der Waals surface area contributed by atoms with E-state index in [0.29, 0.717) is 18.0 Å². The summed E-state index contributed by atoms with van der Waals surface area (Å²) in [6.45, 7) is 4.13. The topological polar surface area (TPSA) is 46.1 Å². The summed E-state index contributed by atoms with van der Waals surface area (Å²) in [5, 5.41) is 5.29. The fourth-order valence-electron chi connectivity index (χ4n) is 2.31. The molecule has 1 N–H and O–H groups in total. The van der Waals surface area contributed by atoms with Crippen LogP contribution in [0.15, 0.2) is 41.8 Å². The number of likely N-dealkylation sites (N-methyl/N-ethyl adjacent to an activating group) is 1. The minimum Gasteiger partial charge on any atom is -0.492 e. The minimum absolute atomic E-state index is 0.560. The molecule has 0 aliphatic heterocycles. The molecule has 0 atom stereocenters. The van der Waals surface area contributed by atoms with Crippen molar-refractivity contribution in [3.63, 3.8) is 0 Å². The maximum absolute atomic E-state index is 5.79. The van der Waals surface area contributed by atoms with Gasteiger partial charge in [-0.3, -0.25) is 10.00 Å². The van der Waals surface area contributed by atoms with Crippen LogP contribution in [0.1, 0.15) is 5.56 Å². The monoisotopic (exact) mass is 360 g/mol. The first-order chi connectivity index (χ1) is 11.6. The van der Waals surface area contributed by atoms with Crippen molar-refractivity contribution in [3.8, 4) is 16.5 Å². The number of hydrogen-bond acceptors (Lipinski definition) is 5. The first-order valence-electron chi connectivity index (χ1n) is 7.70. The van der Waals surface area contributed by atoms with E-state index in [1.165, 1.54) is 5.56 Å². The Morgan fingerprint density at radius 2 is 2.21 bits per heavy atom. The number of nitrogens with one attached hydrogen (secondary N) is 1. The van der Waals surface area contributed by atoms with Gasteiger partial charge in [0, 0.05) is 6.54 Å². The van der Waals surface area contributed by atoms with Crippen LogP contribution in [0.25, 0.3) is 10.7 Å². The van der Waals surface area contributed by atoms with Crippen LogP contribution >= 0.6 is 23.6 Å². The predicted octanol–water partition coefficient (Wildman–Crippen LogP) is 3.95. The summed E-state index contributed by atoms with van der Waals surface area (Å²) in [5.74, 6) is 1.72. The number of thiophene rings is 1. The van der Waals surface area contributed by atoms with Gasteiger partial charge in [0.05, 0.1) is 11.5 Å². The lowest BCUT2D eigenvalue weighted by atomic mass is 10.2. The smallest absolute Gasteiger partial charge is 0.217 e. The molecule has 3 aromatic rings. The summed E-state index contributed by atoms with van der Waals surface area (Å²) < 4.78 is 8.22. The third-order valence-electron chi connectivity index (χ3n) is 3.55. The number of ether oxygens (including phenoxy) is 1. The van der Waals surface area contributed by atoms with E-state index < -0.39 is 0 Å². The molecule has 0 spiro atoms. The highest BCUT2D eigenvalue weighted by molar-refractivity contribution is 7.71. The molecular weight excluding hydrogens is 340 g/mol. The van der Waals surface area contributed by atoms with Crippen LogP contribution in [0, 0.1) is 11.7 Å². The Kier molecular flexibility index (Phi) is 5.44. The van der Waals surface area contributed by atoms with Gasteiger partial charge in [0.25, 0.3) is 0 Å². The number of aryl methyl sites for hydroxylation is 1. The van der Waals surface area contributed by atoms with E-state index in [1.807, 2.05) is 47.4 Å². The van der Waals surface area contributed by atoms with E-state index in [-0.39, 0.29) is 0 Å². The molecule has 0 fully saturated rings. The van der Waals surface area contributed by atoms with E-state index in [9.17, 15) is 0 Å². The first kappa shape index (κ1) is 16.9. The summed E-state index contributed by atoms with van der Waals surface area (Å²) in [4.78, 5) is 7.65. The average molecular weight is 361 g/mol. The molecule has 0 bridgehead atoms. The minimum atomic E-state index is 0.560. The molecule has 3 rings (SSSR count). The molecule has 1 aromatic carbocycles. The number of hydrogen-bond donors (Lipinski definition) is 1. The van der Waals surface area contributed by atoms with E-state index in [0.717, 1.165) is 23.0 Å². The molecule has 126 valence electrons. The molecule has 7 heteroatoms. The Labute approximate surface area is 150 Å². The van der Waals surface area contributed by atoms with Gasteiger partial charge in [-0.05, 0) is 55.3 Å². The molecule has 0 radical (unpaired) electrons. The van der Waals surface area contributed by atoms with Gasteiger partial charge in [-0.15, -0.1) is 11.3 Å². The Morgan fingerprint density at radius 3 is 2.96 bits per heavy atom. The molecule has 0 aliphatic carbocycles. The Hall–Kier alpha value is -1.96. The summed E-state index contributed by atoms with van der Waals surface area (Å²) in [6.07, 6.45) is 0. The number of rotatable bonds is 7. The highest BCUT2D eigenvalue weighted by atomic mass is 32.1. The van der Waals surface area contributed by atoms with Crippen molar-refractivity contribution in [2.45, 2.75) is 13.6 Å². The Balaban J connectivity index is 1.53. The molecule has 2 heterocycles. The van der Waals surface area contributed by atoms with Gasteiger partial charge in [-0.2, -0.15) is 4.98 Å². The van der Waals surface area contributed by atoms with E-state index >= 15 is 0 Å². The maximum Gasteiger partial charge on any atom is 0.217 e. The van der Waals surface area contributed by atoms with E-state index in [4.69, 9.17) is 17.0 Å². The summed E-state index contributed by atoms with van der Waals surface area (Å²) in [6, 6.07) is 12.1. The van der Waals surface area contributed by atoms with Crippen molar-refractivity contribution in [3.05, 3.63) is 52.1 Å². The van der Waals surface area contributed by atoms with Gasteiger partial charge in [0.2, 0.25) is 4.77 Å². The lowest BCUT2D eigenvalue weighted by molar-refractivity contribution is 0.198. The van der Waals surface area contributed by atoms with Crippen molar-refractivity contribution >= 4 is 23.6 Å². The molecule has 0 unspecified atom stereocenters. The van der Waals surface area contributed by atoms with Crippen molar-refractivity contribution in [2.24, 2.45) is 0 Å². The molecule has 0 saturated carbocycles. The van der Waals surface area contributed by atoms with Crippen LogP contribution in [0.3, 0.4) is 0 Å². The van der Waals surface area contributed by atoms with Gasteiger partial charge in [0.15, 0.2) is 5.82 Å². The second-order valence-corrected chi connectivity index (χ2v) is 6.96. The molecule has 0 amide bonds. The molecule has 0 aliphatic rings. The zero-order valence-corrected chi connectivity index (χ0v) is 15.4. The quantitative estimate of drug-likeness (QED) is 0.648. The summed E-state index contributed by atoms with van der Waals surface area (Å²) in [7, 11) is 2.03. The second kappa shape index (κ2) is 7.74. The average Bonchev–Trinajstić information content (AvgIpc) is 3.18. The highest BCUT2D eigenvalue weighted by Crippen LogP contribution is 2.20. The molecule has 24 heavy (non-hydrogen) atoms. The standard InChI is InChI=1S/C17H20N4OS2/c1-13-5-3-6-14(11-13)22-9-8-20(2)12-21-17(23)18-16(19-21)15-7-4-10-24-15/h3-7,10-11H,8-9,12H2,1-2H3,(H,18,19,23). The number of nitrogens with zero attached hydrogens (tertiary/aromatic N) is 3. The van der Waals surface area contributed by atoms with Crippen molar-refractivity contribution < 1.29 is 4.74 Å². The largest absolute Gasteiger partial charge is 0.492 e. The summed E-state index contributed by atoms with van der Waals surface area (Å²) in [5.41, 5.74) is 1.20. The first-order valence-corrected chi connectivity index (χ1v) is 8.99. The maximum atomic E-state index is 5.79. The van der Waals surface area contributed by atoms with Crippen LogP contribution in [-0.2, 0) is 6.67 Å². The molecule has 5 nitrogen and oxygen atoms in total. The van der Waals surface area contributed by atoms with Crippen molar-refractivity contribution in [1.29, 1.82) is 0 Å². The number of benzene rings is 1. The zero-order valence-electron chi connectivity index (χ0n) is 13.7. The Bertz CT molecular complexity index is 838. The lowest BCUT2D eigenvalue weighted by Crippen LogP contribution is -2.27. The molecule has 2 aromatic heterocycles. The van der Waals surface area contributed by atoms with Gasteiger partial charge in [-0.1, -0.05) is 18.2 Å². The van der Waals surface area contributed by atoms with E-state index in [1.54, 1.807) is 11.3 Å². The van der Waals surface area contributed by atoms with Crippen molar-refractivity contribution in [1.82, 2.24) is 19.7 Å². The van der Waals surface area contributed by atoms with Gasteiger partial charge in [0.1, 0.15) is 12.4 Å². The number of aromatic amines is 1. The third kappa shape index (κ3) is 4.31. The number of H-pyrrole nitrogens is 1. The number of aromatic nitrogens is 3. The van der Waals surface area contributed by atoms with Gasteiger partial charge >= 0.3 is 0 Å². The normalized spacial score (nSPS) is 11.1.